The Balaban J connectivity index is 1.54. The third-order valence-electron chi connectivity index (χ3n) is 4.25. The summed E-state index contributed by atoms with van der Waals surface area (Å²) >= 11 is 0. The van der Waals surface area contributed by atoms with Crippen LogP contribution in [0.1, 0.15) is 29.0 Å². The molecule has 1 N–H and O–H groups in total. The van der Waals surface area contributed by atoms with Gasteiger partial charge < -0.3 is 10.2 Å². The second-order valence-corrected chi connectivity index (χ2v) is 5.81. The Kier molecular flexibility index (Phi) is 4.58. The summed E-state index contributed by atoms with van der Waals surface area (Å²) in [6.07, 6.45) is 1.00. The van der Waals surface area contributed by atoms with Gasteiger partial charge in [-0.05, 0) is 29.7 Å². The van der Waals surface area contributed by atoms with Crippen molar-refractivity contribution in [2.24, 2.45) is 0 Å². The fraction of sp³-hybridized carbons (Fsp3) is 0.263. The zero-order chi connectivity index (χ0) is 16.1. The number of nitriles is 1. The third-order valence-corrected chi connectivity index (χ3v) is 4.25. The highest BCUT2D eigenvalue weighted by Gasteiger charge is 2.26. The average molecular weight is 305 g/mol. The Morgan fingerprint density at radius 1 is 1.22 bits per heavy atom. The molecule has 1 saturated heterocycles. The van der Waals surface area contributed by atoms with Gasteiger partial charge in [0.1, 0.15) is 0 Å². The van der Waals surface area contributed by atoms with Gasteiger partial charge in [-0.1, -0.05) is 42.5 Å². The van der Waals surface area contributed by atoms with Crippen LogP contribution in [0.3, 0.4) is 0 Å². The van der Waals surface area contributed by atoms with Crippen LogP contribution in [0.15, 0.2) is 54.6 Å². The molecule has 0 aliphatic carbocycles. The molecule has 1 aliphatic rings. The molecule has 0 radical (unpaired) electrons. The normalized spacial score (nSPS) is 16.8. The average Bonchev–Trinajstić information content (AvgIpc) is 3.11. The van der Waals surface area contributed by atoms with Crippen LogP contribution in [0.25, 0.3) is 0 Å². The van der Waals surface area contributed by atoms with E-state index in [0.29, 0.717) is 18.0 Å². The fourth-order valence-corrected chi connectivity index (χ4v) is 2.98. The highest BCUT2D eigenvalue weighted by Crippen LogP contribution is 2.26. The van der Waals surface area contributed by atoms with E-state index in [9.17, 15) is 4.79 Å². The van der Waals surface area contributed by atoms with Crippen molar-refractivity contribution in [2.75, 3.05) is 13.1 Å². The number of nitrogens with one attached hydrogen (secondary N) is 1. The number of amides is 2. The number of rotatable bonds is 3. The number of nitrogens with zero attached hydrogens (tertiary/aromatic N) is 2. The monoisotopic (exact) mass is 305 g/mol. The van der Waals surface area contributed by atoms with Crippen molar-refractivity contribution in [2.45, 2.75) is 18.9 Å². The first-order chi connectivity index (χ1) is 11.3. The Bertz CT molecular complexity index is 721. The van der Waals surface area contributed by atoms with Crippen LogP contribution < -0.4 is 5.32 Å². The molecule has 116 valence electrons. The van der Waals surface area contributed by atoms with Crippen molar-refractivity contribution in [3.63, 3.8) is 0 Å². The lowest BCUT2D eigenvalue weighted by Crippen LogP contribution is -2.37. The molecule has 4 nitrogen and oxygen atoms in total. The molecule has 2 aromatic rings. The van der Waals surface area contributed by atoms with Gasteiger partial charge in [-0.25, -0.2) is 4.79 Å². The summed E-state index contributed by atoms with van der Waals surface area (Å²) in [5.41, 5.74) is 2.85. The Hall–Kier alpha value is -2.80. The first kappa shape index (κ1) is 15.1. The SMILES string of the molecule is N#Cc1cccc(CNC(=O)N2CCC(c3ccccc3)C2)c1. The molecule has 0 aromatic heterocycles. The van der Waals surface area contributed by atoms with E-state index in [1.54, 1.807) is 12.1 Å². The Morgan fingerprint density at radius 2 is 2.04 bits per heavy atom. The third kappa shape index (κ3) is 3.70. The van der Waals surface area contributed by atoms with Gasteiger partial charge in [-0.3, -0.25) is 0 Å². The van der Waals surface area contributed by atoms with Crippen molar-refractivity contribution >= 4 is 6.03 Å². The highest BCUT2D eigenvalue weighted by molar-refractivity contribution is 5.74. The van der Waals surface area contributed by atoms with Gasteiger partial charge >= 0.3 is 6.03 Å². The van der Waals surface area contributed by atoms with Gasteiger partial charge in [-0.15, -0.1) is 0 Å². The number of hydrogen-bond acceptors (Lipinski definition) is 2. The molecule has 0 spiro atoms. The Morgan fingerprint density at radius 3 is 2.83 bits per heavy atom. The minimum atomic E-state index is -0.0363. The van der Waals surface area contributed by atoms with Crippen LogP contribution in [-0.4, -0.2) is 24.0 Å². The van der Waals surface area contributed by atoms with E-state index in [2.05, 4.69) is 23.5 Å². The molecule has 2 amide bonds. The van der Waals surface area contributed by atoms with E-state index in [-0.39, 0.29) is 6.03 Å². The number of benzene rings is 2. The van der Waals surface area contributed by atoms with Gasteiger partial charge in [0, 0.05) is 25.6 Å². The standard InChI is InChI=1S/C19H19N3O/c20-12-15-5-4-6-16(11-15)13-21-19(23)22-10-9-18(14-22)17-7-2-1-3-8-17/h1-8,11,18H,9-10,13-14H2,(H,21,23). The van der Waals surface area contributed by atoms with Gasteiger partial charge in [0.2, 0.25) is 0 Å². The van der Waals surface area contributed by atoms with Gasteiger partial charge in [0.25, 0.3) is 0 Å². The lowest BCUT2D eigenvalue weighted by atomic mass is 9.99. The van der Waals surface area contributed by atoms with E-state index in [0.717, 1.165) is 25.1 Å². The lowest BCUT2D eigenvalue weighted by molar-refractivity contribution is 0.208. The van der Waals surface area contributed by atoms with Crippen molar-refractivity contribution in [3.8, 4) is 6.07 Å². The molecule has 0 bridgehead atoms. The van der Waals surface area contributed by atoms with Gasteiger partial charge in [0.05, 0.1) is 11.6 Å². The predicted molar refractivity (Wildman–Crippen MR) is 88.8 cm³/mol. The number of carbonyl (C=O) groups excluding carboxylic acids is 1. The molecule has 1 fully saturated rings. The van der Waals surface area contributed by atoms with E-state index in [1.165, 1.54) is 5.56 Å². The van der Waals surface area contributed by atoms with Crippen LogP contribution >= 0.6 is 0 Å². The van der Waals surface area contributed by atoms with Gasteiger partial charge in [-0.2, -0.15) is 5.26 Å². The molecule has 23 heavy (non-hydrogen) atoms. The zero-order valence-corrected chi connectivity index (χ0v) is 12.9. The molecule has 1 unspecified atom stereocenters. The first-order valence-electron chi connectivity index (χ1n) is 7.83. The summed E-state index contributed by atoms with van der Waals surface area (Å²) in [4.78, 5) is 14.2. The highest BCUT2D eigenvalue weighted by atomic mass is 16.2. The summed E-state index contributed by atoms with van der Waals surface area (Å²) < 4.78 is 0. The first-order valence-corrected chi connectivity index (χ1v) is 7.83. The molecular formula is C19H19N3O. The largest absolute Gasteiger partial charge is 0.334 e. The van der Waals surface area contributed by atoms with Crippen molar-refractivity contribution in [1.29, 1.82) is 5.26 Å². The predicted octanol–water partition coefficient (Wildman–Crippen LogP) is 3.26. The maximum atomic E-state index is 12.3. The smallest absolute Gasteiger partial charge is 0.317 e. The summed E-state index contributed by atoms with van der Waals surface area (Å²) in [5.74, 6) is 0.420. The van der Waals surface area contributed by atoms with E-state index in [1.807, 2.05) is 35.2 Å². The van der Waals surface area contributed by atoms with Gasteiger partial charge in [0.15, 0.2) is 0 Å². The Labute approximate surface area is 136 Å². The van der Waals surface area contributed by atoms with Crippen molar-refractivity contribution in [3.05, 3.63) is 71.3 Å². The summed E-state index contributed by atoms with van der Waals surface area (Å²) in [6.45, 7) is 1.98. The second kappa shape index (κ2) is 6.97. The fourth-order valence-electron chi connectivity index (χ4n) is 2.98. The number of carbonyl (C=O) groups is 1. The number of hydrogen-bond donors (Lipinski definition) is 1. The molecule has 3 rings (SSSR count). The van der Waals surface area contributed by atoms with E-state index >= 15 is 0 Å². The maximum absolute atomic E-state index is 12.3. The quantitative estimate of drug-likeness (QED) is 0.946. The van der Waals surface area contributed by atoms with Crippen molar-refractivity contribution in [1.82, 2.24) is 10.2 Å². The minimum Gasteiger partial charge on any atom is -0.334 e. The van der Waals surface area contributed by atoms with Crippen molar-refractivity contribution < 1.29 is 4.79 Å². The topological polar surface area (TPSA) is 56.1 Å². The molecule has 1 heterocycles. The van der Waals surface area contributed by atoms with E-state index < -0.39 is 0 Å². The van der Waals surface area contributed by atoms with Crippen LogP contribution in [0.2, 0.25) is 0 Å². The van der Waals surface area contributed by atoms with Crippen LogP contribution in [-0.2, 0) is 6.54 Å². The maximum Gasteiger partial charge on any atom is 0.317 e. The molecule has 1 aliphatic heterocycles. The number of likely N-dealkylation sites (tertiary alicyclic amines) is 1. The summed E-state index contributed by atoms with van der Waals surface area (Å²) in [7, 11) is 0. The van der Waals surface area contributed by atoms with Crippen LogP contribution in [0.4, 0.5) is 4.79 Å². The summed E-state index contributed by atoms with van der Waals surface area (Å²) in [6, 6.07) is 19.7. The molecule has 2 aromatic carbocycles. The molecular weight excluding hydrogens is 286 g/mol. The second-order valence-electron chi connectivity index (χ2n) is 5.81. The zero-order valence-electron chi connectivity index (χ0n) is 12.9. The number of urea groups is 1. The van der Waals surface area contributed by atoms with Crippen LogP contribution in [0, 0.1) is 11.3 Å². The molecule has 1 atom stereocenters. The molecule has 4 heteroatoms. The van der Waals surface area contributed by atoms with Crippen LogP contribution in [0.5, 0.6) is 0 Å². The minimum absolute atomic E-state index is 0.0363. The lowest BCUT2D eigenvalue weighted by Gasteiger charge is -2.17. The summed E-state index contributed by atoms with van der Waals surface area (Å²) in [5, 5.41) is 11.8. The van der Waals surface area contributed by atoms with E-state index in [4.69, 9.17) is 5.26 Å². The molecule has 0 saturated carbocycles.